The average molecular weight is 344 g/mol. The Balaban J connectivity index is 1.63. The van der Waals surface area contributed by atoms with Gasteiger partial charge < -0.3 is 5.32 Å². The molecule has 1 aromatic carbocycles. The minimum Gasteiger partial charge on any atom is -0.351 e. The molecule has 1 amide bonds. The first kappa shape index (κ1) is 16.6. The molecule has 1 N–H and O–H groups in total. The summed E-state index contributed by atoms with van der Waals surface area (Å²) in [5, 5.41) is 3.30. The highest BCUT2D eigenvalue weighted by atomic mass is 32.2. The number of nitrogens with one attached hydrogen (secondary N) is 1. The molecule has 0 saturated heterocycles. The van der Waals surface area contributed by atoms with Crippen LogP contribution in [-0.4, -0.2) is 32.2 Å². The topological polar surface area (TPSA) is 67.2 Å². The third-order valence-corrected chi connectivity index (χ3v) is 4.98. The van der Waals surface area contributed by atoms with Gasteiger partial charge in [-0.25, -0.2) is 14.4 Å². The molecule has 1 aliphatic heterocycles. The van der Waals surface area contributed by atoms with E-state index in [1.165, 1.54) is 23.9 Å². The Kier molecular flexibility index (Phi) is 5.20. The summed E-state index contributed by atoms with van der Waals surface area (Å²) in [6, 6.07) is 7.74. The lowest BCUT2D eigenvalue weighted by Crippen LogP contribution is -2.37. The SMILES string of the molecule is CCC1N=C(c2ncccn2)SC1C(=O)NCc1ccc(F)cc1. The summed E-state index contributed by atoms with van der Waals surface area (Å²) in [5.74, 6) is 0.184. The first-order valence-electron chi connectivity index (χ1n) is 7.71. The monoisotopic (exact) mass is 344 g/mol. The number of amides is 1. The molecular weight excluding hydrogens is 327 g/mol. The lowest BCUT2D eigenvalue weighted by molar-refractivity contribution is -0.121. The summed E-state index contributed by atoms with van der Waals surface area (Å²) in [6.45, 7) is 2.37. The second kappa shape index (κ2) is 7.53. The van der Waals surface area contributed by atoms with Gasteiger partial charge in [-0.2, -0.15) is 0 Å². The highest BCUT2D eigenvalue weighted by Crippen LogP contribution is 2.31. The molecule has 0 aliphatic carbocycles. The first-order chi connectivity index (χ1) is 11.7. The maximum Gasteiger partial charge on any atom is 0.236 e. The Bertz CT molecular complexity index is 736. The van der Waals surface area contributed by atoms with E-state index in [-0.39, 0.29) is 23.0 Å². The fraction of sp³-hybridized carbons (Fsp3) is 0.294. The van der Waals surface area contributed by atoms with E-state index in [9.17, 15) is 9.18 Å². The number of aromatic nitrogens is 2. The molecule has 0 saturated carbocycles. The van der Waals surface area contributed by atoms with Crippen LogP contribution in [0.3, 0.4) is 0 Å². The molecule has 2 aromatic rings. The fourth-order valence-corrected chi connectivity index (χ4v) is 3.64. The van der Waals surface area contributed by atoms with E-state index < -0.39 is 0 Å². The lowest BCUT2D eigenvalue weighted by atomic mass is 10.1. The molecule has 3 rings (SSSR count). The number of hydrogen-bond donors (Lipinski definition) is 1. The molecule has 1 aliphatic rings. The summed E-state index contributed by atoms with van der Waals surface area (Å²) >= 11 is 1.40. The molecule has 24 heavy (non-hydrogen) atoms. The van der Waals surface area contributed by atoms with E-state index in [4.69, 9.17) is 0 Å². The maximum atomic E-state index is 12.9. The van der Waals surface area contributed by atoms with Gasteiger partial charge in [0.25, 0.3) is 0 Å². The van der Waals surface area contributed by atoms with Crippen molar-refractivity contribution in [3.8, 4) is 0 Å². The molecule has 2 atom stereocenters. The van der Waals surface area contributed by atoms with Crippen LogP contribution in [0.4, 0.5) is 4.39 Å². The van der Waals surface area contributed by atoms with Crippen LogP contribution in [0.15, 0.2) is 47.7 Å². The number of thioether (sulfide) groups is 1. The van der Waals surface area contributed by atoms with Gasteiger partial charge in [0.1, 0.15) is 16.1 Å². The molecule has 5 nitrogen and oxygen atoms in total. The van der Waals surface area contributed by atoms with Gasteiger partial charge in [0.2, 0.25) is 5.91 Å². The predicted octanol–water partition coefficient (Wildman–Crippen LogP) is 2.57. The van der Waals surface area contributed by atoms with Crippen molar-refractivity contribution in [2.45, 2.75) is 31.2 Å². The van der Waals surface area contributed by atoms with Crippen LogP contribution in [0.1, 0.15) is 24.7 Å². The second-order valence-electron chi connectivity index (χ2n) is 5.36. The number of hydrogen-bond acceptors (Lipinski definition) is 5. The van der Waals surface area contributed by atoms with Crippen LogP contribution < -0.4 is 5.32 Å². The lowest BCUT2D eigenvalue weighted by Gasteiger charge is -2.15. The Morgan fingerprint density at radius 2 is 1.96 bits per heavy atom. The molecule has 1 aromatic heterocycles. The Morgan fingerprint density at radius 3 is 2.62 bits per heavy atom. The molecule has 0 bridgehead atoms. The van der Waals surface area contributed by atoms with E-state index in [1.54, 1.807) is 30.6 Å². The highest BCUT2D eigenvalue weighted by molar-refractivity contribution is 8.15. The number of nitrogens with zero attached hydrogens (tertiary/aromatic N) is 3. The second-order valence-corrected chi connectivity index (χ2v) is 6.50. The molecule has 124 valence electrons. The number of benzene rings is 1. The summed E-state index contributed by atoms with van der Waals surface area (Å²) < 4.78 is 12.9. The zero-order chi connectivity index (χ0) is 16.9. The van der Waals surface area contributed by atoms with E-state index >= 15 is 0 Å². The number of carbonyl (C=O) groups excluding carboxylic acids is 1. The maximum absolute atomic E-state index is 12.9. The van der Waals surface area contributed by atoms with Crippen molar-refractivity contribution < 1.29 is 9.18 Å². The van der Waals surface area contributed by atoms with E-state index in [0.717, 1.165) is 12.0 Å². The largest absolute Gasteiger partial charge is 0.351 e. The van der Waals surface area contributed by atoms with Gasteiger partial charge in [-0.15, -0.1) is 0 Å². The van der Waals surface area contributed by atoms with Crippen LogP contribution in [0.5, 0.6) is 0 Å². The van der Waals surface area contributed by atoms with Crippen molar-refractivity contribution >= 4 is 22.7 Å². The zero-order valence-electron chi connectivity index (χ0n) is 13.1. The van der Waals surface area contributed by atoms with Gasteiger partial charge in [-0.3, -0.25) is 9.79 Å². The van der Waals surface area contributed by atoms with Crippen molar-refractivity contribution in [3.05, 3.63) is 59.9 Å². The molecule has 2 heterocycles. The van der Waals surface area contributed by atoms with Crippen molar-refractivity contribution in [1.29, 1.82) is 0 Å². The normalized spacial score (nSPS) is 19.8. The summed E-state index contributed by atoms with van der Waals surface area (Å²) in [6.07, 6.45) is 4.08. The number of halogens is 1. The van der Waals surface area contributed by atoms with Crippen LogP contribution >= 0.6 is 11.8 Å². The molecular formula is C17H17FN4OS. The van der Waals surface area contributed by atoms with E-state index in [2.05, 4.69) is 20.3 Å². The van der Waals surface area contributed by atoms with Gasteiger partial charge in [0.05, 0.1) is 6.04 Å². The summed E-state index contributed by atoms with van der Waals surface area (Å²) in [5.41, 5.74) is 0.855. The van der Waals surface area contributed by atoms with Crippen molar-refractivity contribution in [1.82, 2.24) is 15.3 Å². The van der Waals surface area contributed by atoms with Crippen LogP contribution in [0.25, 0.3) is 0 Å². The Morgan fingerprint density at radius 1 is 1.25 bits per heavy atom. The summed E-state index contributed by atoms with van der Waals surface area (Å²) in [4.78, 5) is 25.5. The van der Waals surface area contributed by atoms with Gasteiger partial charge in [0, 0.05) is 18.9 Å². The van der Waals surface area contributed by atoms with Crippen molar-refractivity contribution in [2.24, 2.45) is 4.99 Å². The minimum atomic E-state index is -0.297. The minimum absolute atomic E-state index is 0.0779. The van der Waals surface area contributed by atoms with E-state index in [1.807, 2.05) is 6.92 Å². The van der Waals surface area contributed by atoms with Gasteiger partial charge in [-0.1, -0.05) is 30.8 Å². The van der Waals surface area contributed by atoms with E-state index in [0.29, 0.717) is 17.4 Å². The van der Waals surface area contributed by atoms with Crippen molar-refractivity contribution in [3.63, 3.8) is 0 Å². The number of aliphatic imine (C=N–C) groups is 1. The zero-order valence-corrected chi connectivity index (χ0v) is 14.0. The van der Waals surface area contributed by atoms with Crippen LogP contribution in [0.2, 0.25) is 0 Å². The van der Waals surface area contributed by atoms with Gasteiger partial charge >= 0.3 is 0 Å². The highest BCUT2D eigenvalue weighted by Gasteiger charge is 2.35. The smallest absolute Gasteiger partial charge is 0.236 e. The van der Waals surface area contributed by atoms with Crippen LogP contribution in [-0.2, 0) is 11.3 Å². The fourth-order valence-electron chi connectivity index (χ4n) is 2.39. The molecule has 2 unspecified atom stereocenters. The van der Waals surface area contributed by atoms with Crippen molar-refractivity contribution in [2.75, 3.05) is 0 Å². The quantitative estimate of drug-likeness (QED) is 0.905. The number of carbonyl (C=O) groups is 1. The first-order valence-corrected chi connectivity index (χ1v) is 8.59. The van der Waals surface area contributed by atoms with Gasteiger partial charge in [-0.05, 0) is 30.2 Å². The molecule has 0 radical (unpaired) electrons. The standard InChI is InChI=1S/C17H17FN4OS/c1-2-13-14(24-17(22-13)15-19-8-3-9-20-15)16(23)21-10-11-4-6-12(18)7-5-11/h3-9,13-14H,2,10H2,1H3,(H,21,23). The molecule has 7 heteroatoms. The number of rotatable bonds is 5. The average Bonchev–Trinajstić information content (AvgIpc) is 3.06. The molecule has 0 fully saturated rings. The summed E-state index contributed by atoms with van der Waals surface area (Å²) in [7, 11) is 0. The third kappa shape index (κ3) is 3.79. The van der Waals surface area contributed by atoms with Gasteiger partial charge in [0.15, 0.2) is 5.82 Å². The molecule has 0 spiro atoms. The van der Waals surface area contributed by atoms with Crippen LogP contribution in [0, 0.1) is 5.82 Å². The third-order valence-electron chi connectivity index (χ3n) is 3.68. The predicted molar refractivity (Wildman–Crippen MR) is 92.3 cm³/mol. The Labute approximate surface area is 143 Å². The Hall–Kier alpha value is -2.28.